The summed E-state index contributed by atoms with van der Waals surface area (Å²) in [6, 6.07) is 8.84. The smallest absolute Gasteiger partial charge is 0.0399 e. The molecule has 0 saturated carbocycles. The molecule has 1 N–H and O–H groups in total. The molecule has 0 radical (unpaired) electrons. The second-order valence-electron chi connectivity index (χ2n) is 6.56. The molecule has 2 nitrogen and oxygen atoms in total. The first-order chi connectivity index (χ1) is 8.46. The molecule has 0 aliphatic carbocycles. The van der Waals surface area contributed by atoms with E-state index in [0.717, 1.165) is 19.0 Å². The number of nitrogens with one attached hydrogen (secondary N) is 1. The standard InChI is InChI=1S/C16H26N2/c1-13-11-14-7-5-6-8-15(14)18(12-13)10-9-17-16(2,3)4/h5-8,13,17H,9-12H2,1-4H3. The van der Waals surface area contributed by atoms with Crippen LogP contribution in [-0.4, -0.2) is 25.2 Å². The molecule has 0 saturated heterocycles. The second kappa shape index (κ2) is 5.31. The summed E-state index contributed by atoms with van der Waals surface area (Å²) in [6.45, 7) is 12.3. The van der Waals surface area contributed by atoms with Crippen molar-refractivity contribution in [2.45, 2.75) is 39.7 Å². The maximum atomic E-state index is 3.57. The molecule has 1 aliphatic heterocycles. The van der Waals surface area contributed by atoms with Gasteiger partial charge in [0.2, 0.25) is 0 Å². The molecule has 1 atom stereocenters. The van der Waals surface area contributed by atoms with E-state index >= 15 is 0 Å². The van der Waals surface area contributed by atoms with Crippen LogP contribution in [0.1, 0.15) is 33.3 Å². The van der Waals surface area contributed by atoms with Crippen LogP contribution < -0.4 is 10.2 Å². The highest BCUT2D eigenvalue weighted by Gasteiger charge is 2.21. The normalized spacial score (nSPS) is 19.8. The molecule has 2 rings (SSSR count). The lowest BCUT2D eigenvalue weighted by Crippen LogP contribution is -2.43. The van der Waals surface area contributed by atoms with Crippen molar-refractivity contribution in [1.29, 1.82) is 0 Å². The minimum Gasteiger partial charge on any atom is -0.370 e. The predicted octanol–water partition coefficient (Wildman–Crippen LogP) is 3.07. The minimum atomic E-state index is 0.209. The zero-order chi connectivity index (χ0) is 13.2. The molecule has 100 valence electrons. The van der Waals surface area contributed by atoms with Crippen LogP contribution in [0.2, 0.25) is 0 Å². The van der Waals surface area contributed by atoms with Crippen LogP contribution in [0.3, 0.4) is 0 Å². The van der Waals surface area contributed by atoms with Gasteiger partial charge in [0.05, 0.1) is 0 Å². The first-order valence-electron chi connectivity index (χ1n) is 7.03. The summed E-state index contributed by atoms with van der Waals surface area (Å²) >= 11 is 0. The Labute approximate surface area is 111 Å². The van der Waals surface area contributed by atoms with E-state index in [1.165, 1.54) is 24.2 Å². The van der Waals surface area contributed by atoms with E-state index in [0.29, 0.717) is 0 Å². The molecule has 2 heteroatoms. The van der Waals surface area contributed by atoms with Crippen molar-refractivity contribution in [2.24, 2.45) is 5.92 Å². The molecular formula is C16H26N2. The Morgan fingerprint density at radius 1 is 1.28 bits per heavy atom. The minimum absolute atomic E-state index is 0.209. The van der Waals surface area contributed by atoms with Crippen LogP contribution in [0.5, 0.6) is 0 Å². The molecule has 18 heavy (non-hydrogen) atoms. The average molecular weight is 246 g/mol. The molecule has 1 aromatic rings. The van der Waals surface area contributed by atoms with Crippen molar-refractivity contribution in [1.82, 2.24) is 5.32 Å². The van der Waals surface area contributed by atoms with Crippen molar-refractivity contribution >= 4 is 5.69 Å². The summed E-state index contributed by atoms with van der Waals surface area (Å²) in [7, 11) is 0. The molecule has 0 fully saturated rings. The van der Waals surface area contributed by atoms with E-state index < -0.39 is 0 Å². The molecule has 0 amide bonds. The Morgan fingerprint density at radius 2 is 2.00 bits per heavy atom. The highest BCUT2D eigenvalue weighted by Crippen LogP contribution is 2.28. The SMILES string of the molecule is CC1Cc2ccccc2N(CCNC(C)(C)C)C1. The first kappa shape index (κ1) is 13.4. The lowest BCUT2D eigenvalue weighted by Gasteiger charge is -2.35. The molecular weight excluding hydrogens is 220 g/mol. The summed E-state index contributed by atoms with van der Waals surface area (Å²) in [5, 5.41) is 3.57. The zero-order valence-corrected chi connectivity index (χ0v) is 12.2. The van der Waals surface area contributed by atoms with Crippen LogP contribution in [0.25, 0.3) is 0 Å². The number of anilines is 1. The Bertz CT molecular complexity index is 392. The third-order valence-corrected chi connectivity index (χ3v) is 3.47. The van der Waals surface area contributed by atoms with Gasteiger partial charge in [-0.3, -0.25) is 0 Å². The molecule has 1 aromatic carbocycles. The van der Waals surface area contributed by atoms with Gasteiger partial charge in [-0.1, -0.05) is 25.1 Å². The largest absolute Gasteiger partial charge is 0.370 e. The van der Waals surface area contributed by atoms with Crippen LogP contribution in [0.15, 0.2) is 24.3 Å². The van der Waals surface area contributed by atoms with Crippen molar-refractivity contribution < 1.29 is 0 Å². The van der Waals surface area contributed by atoms with E-state index in [4.69, 9.17) is 0 Å². The summed E-state index contributed by atoms with van der Waals surface area (Å²) in [4.78, 5) is 2.53. The van der Waals surface area contributed by atoms with Crippen molar-refractivity contribution in [3.63, 3.8) is 0 Å². The number of rotatable bonds is 3. The molecule has 0 aromatic heterocycles. The Kier molecular flexibility index (Phi) is 3.96. The maximum Gasteiger partial charge on any atom is 0.0399 e. The summed E-state index contributed by atoms with van der Waals surface area (Å²) in [5.74, 6) is 0.759. The van der Waals surface area contributed by atoms with Crippen LogP contribution >= 0.6 is 0 Å². The first-order valence-corrected chi connectivity index (χ1v) is 7.03. The monoisotopic (exact) mass is 246 g/mol. The third kappa shape index (κ3) is 3.49. The van der Waals surface area contributed by atoms with Crippen LogP contribution in [0, 0.1) is 5.92 Å². The van der Waals surface area contributed by atoms with Gasteiger partial charge in [-0.15, -0.1) is 0 Å². The highest BCUT2D eigenvalue weighted by atomic mass is 15.2. The number of fused-ring (bicyclic) bond motifs is 1. The maximum absolute atomic E-state index is 3.57. The molecule has 1 unspecified atom stereocenters. The van der Waals surface area contributed by atoms with Gasteiger partial charge in [-0.25, -0.2) is 0 Å². The highest BCUT2D eigenvalue weighted by molar-refractivity contribution is 5.55. The fourth-order valence-corrected chi connectivity index (χ4v) is 2.68. The van der Waals surface area contributed by atoms with Gasteiger partial charge in [0.15, 0.2) is 0 Å². The molecule has 1 heterocycles. The molecule has 1 aliphatic rings. The van der Waals surface area contributed by atoms with Gasteiger partial charge < -0.3 is 10.2 Å². The van der Waals surface area contributed by atoms with E-state index in [1.807, 2.05) is 0 Å². The third-order valence-electron chi connectivity index (χ3n) is 3.47. The quantitative estimate of drug-likeness (QED) is 0.881. The van der Waals surface area contributed by atoms with E-state index in [1.54, 1.807) is 0 Å². The van der Waals surface area contributed by atoms with Gasteiger partial charge in [0.25, 0.3) is 0 Å². The van der Waals surface area contributed by atoms with Gasteiger partial charge >= 0.3 is 0 Å². The summed E-state index contributed by atoms with van der Waals surface area (Å²) in [5.41, 5.74) is 3.15. The fourth-order valence-electron chi connectivity index (χ4n) is 2.68. The Balaban J connectivity index is 2.01. The number of nitrogens with zero attached hydrogens (tertiary/aromatic N) is 1. The van der Waals surface area contributed by atoms with Gasteiger partial charge in [-0.2, -0.15) is 0 Å². The van der Waals surface area contributed by atoms with Gasteiger partial charge in [0.1, 0.15) is 0 Å². The molecule has 0 bridgehead atoms. The number of hydrogen-bond donors (Lipinski definition) is 1. The van der Waals surface area contributed by atoms with Gasteiger partial charge in [0, 0.05) is 30.9 Å². The van der Waals surface area contributed by atoms with Crippen molar-refractivity contribution in [3.8, 4) is 0 Å². The zero-order valence-electron chi connectivity index (χ0n) is 12.2. The van der Waals surface area contributed by atoms with Crippen LogP contribution in [0.4, 0.5) is 5.69 Å². The van der Waals surface area contributed by atoms with Crippen molar-refractivity contribution in [2.75, 3.05) is 24.5 Å². The van der Waals surface area contributed by atoms with Gasteiger partial charge in [-0.05, 0) is 44.7 Å². The van der Waals surface area contributed by atoms with E-state index in [-0.39, 0.29) is 5.54 Å². The lowest BCUT2D eigenvalue weighted by molar-refractivity contribution is 0.422. The van der Waals surface area contributed by atoms with Crippen molar-refractivity contribution in [3.05, 3.63) is 29.8 Å². The summed E-state index contributed by atoms with van der Waals surface area (Å²) < 4.78 is 0. The number of hydrogen-bond acceptors (Lipinski definition) is 2. The fraction of sp³-hybridized carbons (Fsp3) is 0.625. The lowest BCUT2D eigenvalue weighted by atomic mass is 9.94. The Hall–Kier alpha value is -1.02. The summed E-state index contributed by atoms with van der Waals surface area (Å²) in [6.07, 6.45) is 1.22. The number of para-hydroxylation sites is 1. The van der Waals surface area contributed by atoms with E-state index in [9.17, 15) is 0 Å². The number of benzene rings is 1. The average Bonchev–Trinajstić information content (AvgIpc) is 2.27. The Morgan fingerprint density at radius 3 is 2.72 bits per heavy atom. The van der Waals surface area contributed by atoms with Crippen LogP contribution in [-0.2, 0) is 6.42 Å². The second-order valence-corrected chi connectivity index (χ2v) is 6.56. The topological polar surface area (TPSA) is 15.3 Å². The van der Waals surface area contributed by atoms with E-state index in [2.05, 4.69) is 62.2 Å². The molecule has 0 spiro atoms. The predicted molar refractivity (Wildman–Crippen MR) is 79.3 cm³/mol.